The Kier molecular flexibility index (Phi) is 14.2. The van der Waals surface area contributed by atoms with Crippen molar-refractivity contribution < 1.29 is 25.9 Å². The standard InChI is InChI=1S/C52H33N2S.C19H25FNSi.Ir/c1-33-25-28-45(51-48(33)44-30-27-38(32-47(44)55-51)35-17-7-3-8-18-35)52-53-49-42-23-13-11-21-40(42)41-22-12-14-24-43(41)50(49)54(52)46-31-37(34-15-5-2-6-16-34)26-29-39(46)36-19-9-4-10-20-36;1-13(2)14(3)17-11-18(15-7-9-16(20)10-8-15)21-12-19(17)22(4,5)6;/h2-27,29-32H,1H3;7,9-14H,1-6H3;/q2*-1;/i;14D;. The van der Waals surface area contributed by atoms with Crippen LogP contribution in [-0.2, 0) is 20.1 Å². The maximum absolute atomic E-state index is 13.1. The number of halogens is 1. The molecule has 3 aromatic heterocycles. The van der Waals surface area contributed by atoms with E-state index in [1.54, 1.807) is 6.07 Å². The minimum Gasteiger partial charge on any atom is -0.332 e. The minimum absolute atomic E-state index is 0. The van der Waals surface area contributed by atoms with Crippen LogP contribution in [0.5, 0.6) is 0 Å². The van der Waals surface area contributed by atoms with E-state index in [0.717, 1.165) is 67.0 Å². The van der Waals surface area contributed by atoms with Gasteiger partial charge in [0.25, 0.3) is 0 Å². The topological polar surface area (TPSA) is 30.7 Å². The fourth-order valence-electron chi connectivity index (χ4n) is 10.9. The zero-order chi connectivity index (χ0) is 53.9. The summed E-state index contributed by atoms with van der Waals surface area (Å²) >= 11 is 1.84. The molecule has 1 unspecified atom stereocenters. The first kappa shape index (κ1) is 51.1. The molecule has 0 saturated heterocycles. The molecule has 13 aromatic rings. The van der Waals surface area contributed by atoms with Gasteiger partial charge >= 0.3 is 0 Å². The molecule has 0 aliphatic heterocycles. The van der Waals surface area contributed by atoms with E-state index in [9.17, 15) is 4.39 Å². The van der Waals surface area contributed by atoms with Crippen LogP contribution in [0.2, 0.25) is 19.6 Å². The van der Waals surface area contributed by atoms with Gasteiger partial charge in [0.2, 0.25) is 0 Å². The fourth-order valence-corrected chi connectivity index (χ4v) is 13.7. The maximum atomic E-state index is 13.1. The van der Waals surface area contributed by atoms with Crippen LogP contribution in [0, 0.1) is 30.8 Å². The third kappa shape index (κ3) is 9.75. The summed E-state index contributed by atoms with van der Waals surface area (Å²) in [7, 11) is -1.62. The first-order chi connectivity index (χ1) is 37.7. The Hall–Kier alpha value is -7.64. The van der Waals surface area contributed by atoms with Gasteiger partial charge in [-0.15, -0.1) is 47.5 Å². The molecule has 10 aromatic carbocycles. The summed E-state index contributed by atoms with van der Waals surface area (Å²) in [5, 5.41) is 8.48. The molecule has 0 spiro atoms. The zero-order valence-electron chi connectivity index (χ0n) is 45.7. The number of pyridine rings is 1. The number of nitrogens with zero attached hydrogens (tertiary/aromatic N) is 3. The van der Waals surface area contributed by atoms with Gasteiger partial charge in [-0.25, -0.2) is 0 Å². The van der Waals surface area contributed by atoms with E-state index >= 15 is 0 Å². The first-order valence-electron chi connectivity index (χ1n) is 26.9. The minimum atomic E-state index is -1.62. The summed E-state index contributed by atoms with van der Waals surface area (Å²) in [5.74, 6) is 0.0804. The molecule has 0 bridgehead atoms. The average Bonchev–Trinajstić information content (AvgIpc) is 3.91. The number of thiophene rings is 1. The third-order valence-electron chi connectivity index (χ3n) is 15.1. The Bertz CT molecular complexity index is 4380. The van der Waals surface area contributed by atoms with Crippen molar-refractivity contribution in [3.63, 3.8) is 0 Å². The molecule has 1 atom stereocenters. The van der Waals surface area contributed by atoms with Crippen molar-refractivity contribution in [1.82, 2.24) is 14.5 Å². The van der Waals surface area contributed by atoms with Crippen LogP contribution in [0.1, 0.15) is 39.2 Å². The number of hydrogen-bond donors (Lipinski definition) is 0. The number of hydrogen-bond acceptors (Lipinski definition) is 3. The fraction of sp³-hybridized carbons (Fsp3) is 0.127. The van der Waals surface area contributed by atoms with Gasteiger partial charge in [-0.2, -0.15) is 11.3 Å². The summed E-state index contributed by atoms with van der Waals surface area (Å²) in [4.78, 5) is 10.3. The van der Waals surface area contributed by atoms with E-state index in [-0.39, 0.29) is 31.8 Å². The van der Waals surface area contributed by atoms with E-state index in [2.05, 4.69) is 244 Å². The summed E-state index contributed by atoms with van der Waals surface area (Å²) in [6.07, 6.45) is 1.92. The monoisotopic (exact) mass is 1230 g/mol. The summed E-state index contributed by atoms with van der Waals surface area (Å²) < 4.78 is 26.9. The van der Waals surface area contributed by atoms with Crippen LogP contribution >= 0.6 is 11.3 Å². The van der Waals surface area contributed by atoms with Crippen molar-refractivity contribution in [3.8, 4) is 61.7 Å². The van der Waals surface area contributed by atoms with Gasteiger partial charge in [0.1, 0.15) is 0 Å². The number of benzene rings is 10. The van der Waals surface area contributed by atoms with E-state index in [1.807, 2.05) is 30.5 Å². The Morgan fingerprint density at radius 2 is 1.19 bits per heavy atom. The molecule has 1 radical (unpaired) electrons. The summed E-state index contributed by atoms with van der Waals surface area (Å²) in [5.41, 5.74) is 15.0. The first-order valence-corrected chi connectivity index (χ1v) is 30.8. The van der Waals surface area contributed by atoms with E-state index in [0.29, 0.717) is 0 Å². The quantitative estimate of drug-likeness (QED) is 0.0819. The maximum Gasteiger partial charge on any atom is 0.0859 e. The number of fused-ring (bicyclic) bond motifs is 9. The van der Waals surface area contributed by atoms with E-state index in [1.165, 1.54) is 75.9 Å². The van der Waals surface area contributed by atoms with Crippen molar-refractivity contribution in [2.45, 2.75) is 53.2 Å². The second-order valence-corrected chi connectivity index (χ2v) is 27.5. The predicted octanol–water partition coefficient (Wildman–Crippen LogP) is 19.5. The molecule has 0 aliphatic carbocycles. The van der Waals surface area contributed by atoms with Crippen LogP contribution in [0.3, 0.4) is 0 Å². The predicted molar refractivity (Wildman–Crippen MR) is 329 cm³/mol. The number of rotatable bonds is 9. The van der Waals surface area contributed by atoms with Crippen LogP contribution in [0.4, 0.5) is 4.39 Å². The smallest absolute Gasteiger partial charge is 0.0859 e. The molecule has 0 fully saturated rings. The Balaban J connectivity index is 0.000000233. The van der Waals surface area contributed by atoms with Gasteiger partial charge < -0.3 is 9.55 Å². The van der Waals surface area contributed by atoms with Gasteiger partial charge in [0.15, 0.2) is 0 Å². The van der Waals surface area contributed by atoms with Gasteiger partial charge in [0.05, 0.1) is 24.9 Å². The van der Waals surface area contributed by atoms with Crippen molar-refractivity contribution in [1.29, 1.82) is 0 Å². The SMILES string of the molecule is Cc1c[c-]c(-c2nc3c4ccccc4c4ccccc4c3n2-c2cc(-c3ccccc3)ccc2-c2ccccc2)c2sc3cc(-c4ccccc4)ccc3c12.[2H]C(C)(c1cc(-c2[c-]cc(F)cc2)ncc1[Si](C)(C)C)C(C)C.[Ir]. The van der Waals surface area contributed by atoms with Crippen LogP contribution in [0.15, 0.2) is 212 Å². The molecule has 3 heterocycles. The number of aryl methyl sites for hydroxylation is 1. The summed E-state index contributed by atoms with van der Waals surface area (Å²) in [6, 6.07) is 78.7. The van der Waals surface area contributed by atoms with Gasteiger partial charge in [0, 0.05) is 60.2 Å². The Morgan fingerprint density at radius 3 is 1.82 bits per heavy atom. The molecule has 78 heavy (non-hydrogen) atoms. The normalized spacial score (nSPS) is 12.7. The Morgan fingerprint density at radius 1 is 0.603 bits per heavy atom. The molecular formula is C71H58FIrN3SSi-2. The van der Waals surface area contributed by atoms with Gasteiger partial charge in [-0.05, 0) is 83.5 Å². The number of aromatic nitrogens is 3. The van der Waals surface area contributed by atoms with E-state index in [4.69, 9.17) is 6.35 Å². The van der Waals surface area contributed by atoms with Crippen molar-refractivity contribution in [3.05, 3.63) is 242 Å². The van der Waals surface area contributed by atoms with Crippen molar-refractivity contribution >= 4 is 77.3 Å². The average molecular weight is 1230 g/mol. The molecule has 0 amide bonds. The van der Waals surface area contributed by atoms with Crippen molar-refractivity contribution in [2.24, 2.45) is 5.92 Å². The van der Waals surface area contributed by atoms with Gasteiger partial charge in [-0.1, -0.05) is 234 Å². The largest absolute Gasteiger partial charge is 0.332 e. The molecule has 385 valence electrons. The van der Waals surface area contributed by atoms with Gasteiger partial charge in [-0.3, -0.25) is 9.37 Å². The van der Waals surface area contributed by atoms with Crippen molar-refractivity contribution in [2.75, 3.05) is 0 Å². The van der Waals surface area contributed by atoms with Crippen LogP contribution in [0.25, 0.3) is 114 Å². The molecule has 7 heteroatoms. The molecular weight excluding hydrogens is 1170 g/mol. The second-order valence-electron chi connectivity index (χ2n) is 21.4. The molecule has 3 nitrogen and oxygen atoms in total. The van der Waals surface area contributed by atoms with Crippen LogP contribution < -0.4 is 5.19 Å². The Labute approximate surface area is 476 Å². The summed E-state index contributed by atoms with van der Waals surface area (Å²) in [6.45, 7) is 15.1. The zero-order valence-corrected chi connectivity index (χ0v) is 49.0. The van der Waals surface area contributed by atoms with E-state index < -0.39 is 14.0 Å². The molecule has 13 rings (SSSR count). The second kappa shape index (κ2) is 21.6. The number of imidazole rings is 1. The molecule has 0 saturated carbocycles. The molecule has 0 N–H and O–H groups in total. The van der Waals surface area contributed by atoms with Crippen LogP contribution in [-0.4, -0.2) is 22.6 Å². The molecule has 0 aliphatic rings. The third-order valence-corrected chi connectivity index (χ3v) is 18.3.